The molecule has 0 heterocycles. The lowest BCUT2D eigenvalue weighted by atomic mass is 10.3. The molecule has 0 aromatic rings. The minimum atomic E-state index is 0.891. The van der Waals surface area contributed by atoms with Gasteiger partial charge in [-0.2, -0.15) is 0 Å². The zero-order valence-electron chi connectivity index (χ0n) is 7.64. The van der Waals surface area contributed by atoms with Crippen molar-refractivity contribution in [1.29, 1.82) is 0 Å². The van der Waals surface area contributed by atoms with Crippen LogP contribution >= 0.6 is 8.58 Å². The number of hydrogen-bond acceptors (Lipinski definition) is 0. The Morgan fingerprint density at radius 3 is 1.73 bits per heavy atom. The van der Waals surface area contributed by atoms with Crippen LogP contribution in [0.4, 0.5) is 0 Å². The summed E-state index contributed by atoms with van der Waals surface area (Å²) in [6.07, 6.45) is 9.53. The molecule has 0 N–H and O–H groups in total. The third kappa shape index (κ3) is 9.91. The van der Waals surface area contributed by atoms with Gasteiger partial charge in [0.2, 0.25) is 0 Å². The van der Waals surface area contributed by atoms with Crippen molar-refractivity contribution < 1.29 is 0 Å². The lowest BCUT2D eigenvalue weighted by Crippen LogP contribution is -1.58. The van der Waals surface area contributed by atoms with E-state index in [4.69, 9.17) is 0 Å². The van der Waals surface area contributed by atoms with Crippen LogP contribution in [0.1, 0.15) is 39.5 Å². The summed E-state index contributed by atoms with van der Waals surface area (Å²) in [5.41, 5.74) is 0. The van der Waals surface area contributed by atoms with Crippen LogP contribution in [-0.4, -0.2) is 0 Å². The van der Waals surface area contributed by atoms with Crippen LogP contribution in [0, 0.1) is 0 Å². The predicted octanol–water partition coefficient (Wildman–Crippen LogP) is 4.29. The molecule has 0 aliphatic carbocycles. The summed E-state index contributed by atoms with van der Waals surface area (Å²) in [5, 5.41) is 0. The Balaban J connectivity index is 3.11. The summed E-state index contributed by atoms with van der Waals surface area (Å²) < 4.78 is 0. The Morgan fingerprint density at radius 2 is 1.36 bits per heavy atom. The molecular weight excluding hydrogens is 151 g/mol. The highest BCUT2D eigenvalue weighted by Crippen LogP contribution is 2.14. The fourth-order valence-electron chi connectivity index (χ4n) is 0.692. The van der Waals surface area contributed by atoms with Crippen molar-refractivity contribution in [2.24, 2.45) is 0 Å². The Morgan fingerprint density at radius 1 is 0.909 bits per heavy atom. The van der Waals surface area contributed by atoms with E-state index in [1.807, 2.05) is 0 Å². The zero-order chi connectivity index (χ0) is 8.36. The van der Waals surface area contributed by atoms with Crippen molar-refractivity contribution in [3.05, 3.63) is 23.8 Å². The Bertz CT molecular complexity index is 100. The third-order valence-electron chi connectivity index (χ3n) is 1.34. The van der Waals surface area contributed by atoms with Crippen LogP contribution in [0.25, 0.3) is 0 Å². The molecule has 64 valence electrons. The molecule has 0 fully saturated rings. The van der Waals surface area contributed by atoms with E-state index in [1.165, 1.54) is 25.7 Å². The molecule has 0 aromatic carbocycles. The topological polar surface area (TPSA) is 0 Å². The van der Waals surface area contributed by atoms with E-state index in [2.05, 4.69) is 37.6 Å². The SMILES string of the molecule is CCC/C=C/P/C=C/CCC. The monoisotopic (exact) mass is 170 g/mol. The highest BCUT2D eigenvalue weighted by atomic mass is 31.1. The maximum absolute atomic E-state index is 2.27. The van der Waals surface area contributed by atoms with Gasteiger partial charge in [-0.05, 0) is 12.8 Å². The number of rotatable bonds is 6. The normalized spacial score (nSPS) is 11.8. The van der Waals surface area contributed by atoms with Crippen molar-refractivity contribution in [2.45, 2.75) is 39.5 Å². The summed E-state index contributed by atoms with van der Waals surface area (Å²) in [6.45, 7) is 4.42. The molecule has 0 atom stereocenters. The smallest absolute Gasteiger partial charge is 0.0350 e. The molecule has 0 amide bonds. The summed E-state index contributed by atoms with van der Waals surface area (Å²) in [6, 6.07) is 0. The van der Waals surface area contributed by atoms with Gasteiger partial charge in [-0.1, -0.05) is 59.1 Å². The van der Waals surface area contributed by atoms with Gasteiger partial charge in [-0.15, -0.1) is 0 Å². The van der Waals surface area contributed by atoms with Gasteiger partial charge >= 0.3 is 0 Å². The lowest BCUT2D eigenvalue weighted by Gasteiger charge is -1.85. The molecule has 0 rings (SSSR count). The van der Waals surface area contributed by atoms with Crippen LogP contribution < -0.4 is 0 Å². The van der Waals surface area contributed by atoms with Gasteiger partial charge in [0.1, 0.15) is 0 Å². The van der Waals surface area contributed by atoms with Gasteiger partial charge in [-0.25, -0.2) is 0 Å². The molecule has 0 spiro atoms. The maximum atomic E-state index is 2.27. The molecule has 0 unspecified atom stereocenters. The molecule has 11 heavy (non-hydrogen) atoms. The number of unbranched alkanes of at least 4 members (excludes halogenated alkanes) is 2. The van der Waals surface area contributed by atoms with Crippen LogP contribution in [0.5, 0.6) is 0 Å². The number of hydrogen-bond donors (Lipinski definition) is 0. The molecule has 0 bridgehead atoms. The van der Waals surface area contributed by atoms with E-state index >= 15 is 0 Å². The molecule has 0 aromatic heterocycles. The Hall–Kier alpha value is -0.0900. The van der Waals surface area contributed by atoms with Gasteiger partial charge in [0.25, 0.3) is 0 Å². The van der Waals surface area contributed by atoms with E-state index in [0.717, 1.165) is 8.58 Å². The first-order chi connectivity index (χ1) is 5.41. The van der Waals surface area contributed by atoms with Gasteiger partial charge < -0.3 is 0 Å². The molecule has 0 nitrogen and oxygen atoms in total. The predicted molar refractivity (Wildman–Crippen MR) is 56.4 cm³/mol. The van der Waals surface area contributed by atoms with Crippen LogP contribution in [-0.2, 0) is 0 Å². The fourth-order valence-corrected chi connectivity index (χ4v) is 1.41. The number of allylic oxidation sites excluding steroid dienone is 2. The zero-order valence-corrected chi connectivity index (χ0v) is 8.64. The van der Waals surface area contributed by atoms with Crippen molar-refractivity contribution in [3.63, 3.8) is 0 Å². The highest BCUT2D eigenvalue weighted by molar-refractivity contribution is 7.45. The van der Waals surface area contributed by atoms with Crippen molar-refractivity contribution in [1.82, 2.24) is 0 Å². The fraction of sp³-hybridized carbons (Fsp3) is 0.600. The van der Waals surface area contributed by atoms with Gasteiger partial charge in [-0.3, -0.25) is 0 Å². The van der Waals surface area contributed by atoms with Crippen molar-refractivity contribution >= 4 is 8.58 Å². The first-order valence-corrected chi connectivity index (χ1v) is 5.63. The van der Waals surface area contributed by atoms with Gasteiger partial charge in [0, 0.05) is 0 Å². The maximum Gasteiger partial charge on any atom is -0.0350 e. The highest BCUT2D eigenvalue weighted by Gasteiger charge is 1.73. The average Bonchev–Trinajstić information content (AvgIpc) is 2.03. The average molecular weight is 170 g/mol. The van der Waals surface area contributed by atoms with Crippen LogP contribution in [0.15, 0.2) is 23.8 Å². The lowest BCUT2D eigenvalue weighted by molar-refractivity contribution is 0.959. The Labute approximate surface area is 72.6 Å². The molecular formula is C10H19P. The van der Waals surface area contributed by atoms with Crippen molar-refractivity contribution in [2.75, 3.05) is 0 Å². The van der Waals surface area contributed by atoms with Gasteiger partial charge in [0.15, 0.2) is 0 Å². The summed E-state index contributed by atoms with van der Waals surface area (Å²) in [4.78, 5) is 0. The van der Waals surface area contributed by atoms with E-state index in [0.29, 0.717) is 0 Å². The van der Waals surface area contributed by atoms with E-state index in [-0.39, 0.29) is 0 Å². The second kappa shape index (κ2) is 9.91. The quantitative estimate of drug-likeness (QED) is 0.521. The second-order valence-corrected chi connectivity index (χ2v) is 3.55. The molecule has 1 heteroatoms. The summed E-state index contributed by atoms with van der Waals surface area (Å²) in [7, 11) is 0.891. The summed E-state index contributed by atoms with van der Waals surface area (Å²) in [5.74, 6) is 4.55. The Kier molecular flexibility index (Phi) is 9.83. The molecule has 0 saturated carbocycles. The first kappa shape index (κ1) is 10.9. The van der Waals surface area contributed by atoms with Crippen molar-refractivity contribution in [3.8, 4) is 0 Å². The second-order valence-electron chi connectivity index (χ2n) is 2.55. The van der Waals surface area contributed by atoms with Gasteiger partial charge in [0.05, 0.1) is 0 Å². The molecule has 0 radical (unpaired) electrons. The minimum Gasteiger partial charge on any atom is -0.0840 e. The first-order valence-electron chi connectivity index (χ1n) is 4.47. The summed E-state index contributed by atoms with van der Waals surface area (Å²) >= 11 is 0. The molecule has 0 saturated heterocycles. The third-order valence-corrected chi connectivity index (χ3v) is 2.20. The largest absolute Gasteiger partial charge is 0.0840 e. The van der Waals surface area contributed by atoms with E-state index < -0.39 is 0 Å². The standard InChI is InChI=1S/C10H19P/c1-3-5-7-9-11-10-8-6-4-2/h7-11H,3-6H2,1-2H3/b9-7+,10-8+. The van der Waals surface area contributed by atoms with Crippen LogP contribution in [0.3, 0.4) is 0 Å². The molecule has 0 aliphatic rings. The molecule has 0 aliphatic heterocycles. The van der Waals surface area contributed by atoms with E-state index in [9.17, 15) is 0 Å². The van der Waals surface area contributed by atoms with Crippen LogP contribution in [0.2, 0.25) is 0 Å². The minimum absolute atomic E-state index is 0.891. The van der Waals surface area contributed by atoms with E-state index in [1.54, 1.807) is 0 Å².